The highest BCUT2D eigenvalue weighted by molar-refractivity contribution is 7.86. The molecule has 33 heavy (non-hydrogen) atoms. The molecule has 3 rings (SSSR count). The maximum absolute atomic E-state index is 11.8. The van der Waals surface area contributed by atoms with Crippen LogP contribution in [0.2, 0.25) is 0 Å². The Kier molecular flexibility index (Phi) is 8.65. The van der Waals surface area contributed by atoms with Gasteiger partial charge in [-0.05, 0) is 60.2 Å². The van der Waals surface area contributed by atoms with Crippen LogP contribution in [-0.4, -0.2) is 28.4 Å². The number of hydrogen-bond donors (Lipinski definition) is 3. The van der Waals surface area contributed by atoms with Crippen LogP contribution in [0.1, 0.15) is 35.6 Å². The van der Waals surface area contributed by atoms with Crippen molar-refractivity contribution in [2.24, 2.45) is 0 Å². The Bertz CT molecular complexity index is 1120. The molecule has 3 aromatic carbocycles. The molecule has 3 N–H and O–H groups in total. The lowest BCUT2D eigenvalue weighted by Crippen LogP contribution is -2.20. The number of aliphatic hydroxyl groups excluding tert-OH is 1. The van der Waals surface area contributed by atoms with E-state index in [9.17, 15) is 23.2 Å². The van der Waals surface area contributed by atoms with Gasteiger partial charge in [0.15, 0.2) is 0 Å². The van der Waals surface area contributed by atoms with Crippen molar-refractivity contribution in [2.45, 2.75) is 37.2 Å². The first-order chi connectivity index (χ1) is 15.8. The Morgan fingerprint density at radius 1 is 0.879 bits per heavy atom. The van der Waals surface area contributed by atoms with Gasteiger partial charge in [-0.15, -0.1) is 0 Å². The quantitative estimate of drug-likeness (QED) is 0.275. The zero-order valence-corrected chi connectivity index (χ0v) is 18.9. The van der Waals surface area contributed by atoms with Crippen LogP contribution in [-0.2, 0) is 23.1 Å². The van der Waals surface area contributed by atoms with Crippen molar-refractivity contribution in [1.82, 2.24) is 0 Å². The number of hydrogen-bond acceptors (Lipinski definition) is 5. The largest absolute Gasteiger partial charge is 0.508 e. The van der Waals surface area contributed by atoms with E-state index in [0.29, 0.717) is 18.6 Å². The molecule has 7 heteroatoms. The average molecular weight is 469 g/mol. The van der Waals surface area contributed by atoms with E-state index >= 15 is 0 Å². The van der Waals surface area contributed by atoms with Crippen molar-refractivity contribution >= 4 is 10.1 Å². The number of aromatic hydroxyl groups is 1. The number of rotatable bonds is 11. The standard InChI is InChI=1S/C26H28O6S/c27-23-14-12-22(13-15-23)26(28)8-4-7-25(33(29,30)31)18-11-20-9-16-24(17-10-20)32-19-21-5-2-1-3-6-21/h1-6,8-10,12-17,25-28H,7,11,18-19H2,(H,29,30,31). The molecule has 0 heterocycles. The lowest BCUT2D eigenvalue weighted by Gasteiger charge is -2.13. The maximum atomic E-state index is 11.8. The van der Waals surface area contributed by atoms with Gasteiger partial charge >= 0.3 is 0 Å². The summed E-state index contributed by atoms with van der Waals surface area (Å²) in [6.45, 7) is 0.466. The highest BCUT2D eigenvalue weighted by Gasteiger charge is 2.21. The Morgan fingerprint density at radius 3 is 2.18 bits per heavy atom. The summed E-state index contributed by atoms with van der Waals surface area (Å²) in [5.74, 6) is 0.817. The molecule has 0 saturated carbocycles. The fraction of sp³-hybridized carbons (Fsp3) is 0.231. The zero-order valence-electron chi connectivity index (χ0n) is 18.1. The number of allylic oxidation sites excluding steroid dienone is 1. The predicted octanol–water partition coefficient (Wildman–Crippen LogP) is 4.84. The molecular weight excluding hydrogens is 440 g/mol. The Morgan fingerprint density at radius 2 is 1.55 bits per heavy atom. The first kappa shape index (κ1) is 24.5. The van der Waals surface area contributed by atoms with E-state index in [0.717, 1.165) is 16.9 Å². The van der Waals surface area contributed by atoms with Gasteiger partial charge in [-0.2, -0.15) is 8.42 Å². The van der Waals surface area contributed by atoms with E-state index in [1.807, 2.05) is 54.6 Å². The normalized spacial score (nSPS) is 13.6. The van der Waals surface area contributed by atoms with Gasteiger partial charge in [0.1, 0.15) is 18.1 Å². The smallest absolute Gasteiger partial charge is 0.268 e. The number of aryl methyl sites for hydroxylation is 1. The minimum atomic E-state index is -4.24. The SMILES string of the molecule is O=S(=O)(O)C(CC=CC(O)c1ccc(O)cc1)CCc1ccc(OCc2ccccc2)cc1. The molecule has 0 bridgehead atoms. The molecule has 2 atom stereocenters. The summed E-state index contributed by atoms with van der Waals surface area (Å²) in [7, 11) is -4.24. The third kappa shape index (κ3) is 8.05. The monoisotopic (exact) mass is 468 g/mol. The van der Waals surface area contributed by atoms with Crippen molar-refractivity contribution < 1.29 is 27.9 Å². The Balaban J connectivity index is 1.52. The van der Waals surface area contributed by atoms with Gasteiger partial charge in [-0.1, -0.05) is 66.7 Å². The van der Waals surface area contributed by atoms with Crippen molar-refractivity contribution in [3.63, 3.8) is 0 Å². The predicted molar refractivity (Wildman–Crippen MR) is 128 cm³/mol. The summed E-state index contributed by atoms with van der Waals surface area (Å²) in [6.07, 6.45) is 2.88. The van der Waals surface area contributed by atoms with Gasteiger partial charge in [0.25, 0.3) is 10.1 Å². The summed E-state index contributed by atoms with van der Waals surface area (Å²) < 4.78 is 39.0. The summed E-state index contributed by atoms with van der Waals surface area (Å²) in [4.78, 5) is 0. The topological polar surface area (TPSA) is 104 Å². The number of ether oxygens (including phenoxy) is 1. The van der Waals surface area contributed by atoms with Crippen molar-refractivity contribution in [3.05, 3.63) is 108 Å². The molecular formula is C26H28O6S. The summed E-state index contributed by atoms with van der Waals surface area (Å²) in [5.41, 5.74) is 2.58. The van der Waals surface area contributed by atoms with E-state index in [1.54, 1.807) is 18.2 Å². The minimum absolute atomic E-state index is 0.0756. The molecule has 0 amide bonds. The van der Waals surface area contributed by atoms with Gasteiger partial charge < -0.3 is 14.9 Å². The Hall–Kier alpha value is -3.13. The van der Waals surface area contributed by atoms with E-state index in [1.165, 1.54) is 18.2 Å². The third-order valence-corrected chi connectivity index (χ3v) is 6.57. The fourth-order valence-corrected chi connectivity index (χ4v) is 4.12. The summed E-state index contributed by atoms with van der Waals surface area (Å²) in [5, 5.41) is 18.5. The van der Waals surface area contributed by atoms with Gasteiger partial charge in [0.05, 0.1) is 11.4 Å². The molecule has 174 valence electrons. The van der Waals surface area contributed by atoms with E-state index in [4.69, 9.17) is 4.74 Å². The molecule has 0 radical (unpaired) electrons. The molecule has 2 unspecified atom stereocenters. The van der Waals surface area contributed by atoms with Crippen molar-refractivity contribution in [2.75, 3.05) is 0 Å². The van der Waals surface area contributed by atoms with Gasteiger partial charge in [0.2, 0.25) is 0 Å². The fourth-order valence-electron chi connectivity index (χ4n) is 3.35. The summed E-state index contributed by atoms with van der Waals surface area (Å²) in [6, 6.07) is 23.4. The van der Waals surface area contributed by atoms with Crippen LogP contribution in [0.3, 0.4) is 0 Å². The van der Waals surface area contributed by atoms with E-state index < -0.39 is 21.5 Å². The number of phenolic OH excluding ortho intramolecular Hbond substituents is 1. The molecule has 0 aliphatic carbocycles. The molecule has 0 spiro atoms. The number of aliphatic hydroxyl groups is 1. The van der Waals surface area contributed by atoms with Crippen LogP contribution in [0.25, 0.3) is 0 Å². The lowest BCUT2D eigenvalue weighted by molar-refractivity contribution is 0.228. The van der Waals surface area contributed by atoms with Crippen LogP contribution in [0.15, 0.2) is 91.0 Å². The zero-order chi connectivity index (χ0) is 23.7. The third-order valence-electron chi connectivity index (χ3n) is 5.30. The molecule has 0 aromatic heterocycles. The first-order valence-electron chi connectivity index (χ1n) is 10.7. The maximum Gasteiger partial charge on any atom is 0.268 e. The van der Waals surface area contributed by atoms with Crippen molar-refractivity contribution in [3.8, 4) is 11.5 Å². The average Bonchev–Trinajstić information content (AvgIpc) is 2.81. The molecule has 0 saturated heterocycles. The number of benzene rings is 3. The summed E-state index contributed by atoms with van der Waals surface area (Å²) >= 11 is 0. The van der Waals surface area contributed by atoms with E-state index in [-0.39, 0.29) is 18.6 Å². The highest BCUT2D eigenvalue weighted by atomic mass is 32.2. The second-order valence-electron chi connectivity index (χ2n) is 7.79. The molecule has 0 aliphatic rings. The van der Waals surface area contributed by atoms with Crippen LogP contribution in [0.4, 0.5) is 0 Å². The van der Waals surface area contributed by atoms with Gasteiger partial charge in [-0.3, -0.25) is 4.55 Å². The van der Waals surface area contributed by atoms with Crippen LogP contribution in [0.5, 0.6) is 11.5 Å². The molecule has 0 aliphatic heterocycles. The Labute approximate surface area is 194 Å². The minimum Gasteiger partial charge on any atom is -0.508 e. The molecule has 0 fully saturated rings. The van der Waals surface area contributed by atoms with Crippen LogP contribution >= 0.6 is 0 Å². The second kappa shape index (κ2) is 11.7. The lowest BCUT2D eigenvalue weighted by atomic mass is 10.1. The van der Waals surface area contributed by atoms with Crippen molar-refractivity contribution in [1.29, 1.82) is 0 Å². The number of phenols is 1. The van der Waals surface area contributed by atoms with E-state index in [2.05, 4.69) is 0 Å². The molecule has 3 aromatic rings. The first-order valence-corrected chi connectivity index (χ1v) is 12.2. The van der Waals surface area contributed by atoms with Gasteiger partial charge in [-0.25, -0.2) is 0 Å². The highest BCUT2D eigenvalue weighted by Crippen LogP contribution is 2.21. The van der Waals surface area contributed by atoms with Crippen LogP contribution < -0.4 is 4.74 Å². The van der Waals surface area contributed by atoms with Crippen LogP contribution in [0, 0.1) is 0 Å². The molecule has 6 nitrogen and oxygen atoms in total. The second-order valence-corrected chi connectivity index (χ2v) is 9.49. The van der Waals surface area contributed by atoms with Gasteiger partial charge in [0, 0.05) is 0 Å².